The summed E-state index contributed by atoms with van der Waals surface area (Å²) in [5, 5.41) is 6.78. The molecule has 1 fully saturated rings. The Bertz CT molecular complexity index is 817. The molecule has 0 unspecified atom stereocenters. The highest BCUT2D eigenvalue weighted by Crippen LogP contribution is 2.14. The number of ether oxygens (including phenoxy) is 2. The first kappa shape index (κ1) is 24.1. The number of benzene rings is 2. The van der Waals surface area contributed by atoms with Gasteiger partial charge in [-0.25, -0.2) is 0 Å². The molecular weight excluding hydrogens is 400 g/mol. The van der Waals surface area contributed by atoms with E-state index in [1.807, 2.05) is 12.1 Å². The van der Waals surface area contributed by atoms with E-state index >= 15 is 0 Å². The fourth-order valence-corrected chi connectivity index (χ4v) is 3.87. The zero-order valence-electron chi connectivity index (χ0n) is 19.6. The van der Waals surface area contributed by atoms with Gasteiger partial charge in [-0.3, -0.25) is 9.89 Å². The molecular formula is C26H38N4O2. The Morgan fingerprint density at radius 2 is 1.62 bits per heavy atom. The Hall–Kier alpha value is -2.57. The minimum Gasteiger partial charge on any atom is -0.493 e. The van der Waals surface area contributed by atoms with Crippen molar-refractivity contribution < 1.29 is 9.47 Å². The van der Waals surface area contributed by atoms with Crippen LogP contribution in [-0.4, -0.2) is 51.3 Å². The molecule has 0 radical (unpaired) electrons. The largest absolute Gasteiger partial charge is 0.493 e. The number of piperidine rings is 1. The van der Waals surface area contributed by atoms with Crippen molar-refractivity contribution in [2.45, 2.75) is 45.3 Å². The van der Waals surface area contributed by atoms with Crippen LogP contribution in [0.3, 0.4) is 0 Å². The monoisotopic (exact) mass is 438 g/mol. The van der Waals surface area contributed by atoms with Crippen LogP contribution in [0.25, 0.3) is 0 Å². The van der Waals surface area contributed by atoms with Gasteiger partial charge in [-0.15, -0.1) is 0 Å². The first-order valence-electron chi connectivity index (χ1n) is 11.7. The summed E-state index contributed by atoms with van der Waals surface area (Å²) in [7, 11) is 3.51. The third-order valence-electron chi connectivity index (χ3n) is 5.68. The first-order valence-corrected chi connectivity index (χ1v) is 11.7. The van der Waals surface area contributed by atoms with E-state index < -0.39 is 0 Å². The van der Waals surface area contributed by atoms with Crippen LogP contribution in [0.1, 0.15) is 42.4 Å². The Morgan fingerprint density at radius 3 is 2.34 bits per heavy atom. The van der Waals surface area contributed by atoms with Crippen molar-refractivity contribution in [2.75, 3.05) is 40.5 Å². The molecule has 1 aliphatic rings. The average molecular weight is 439 g/mol. The van der Waals surface area contributed by atoms with Crippen molar-refractivity contribution in [3.05, 3.63) is 65.2 Å². The van der Waals surface area contributed by atoms with Gasteiger partial charge < -0.3 is 20.1 Å². The van der Waals surface area contributed by atoms with E-state index in [4.69, 9.17) is 9.47 Å². The highest BCUT2D eigenvalue weighted by Gasteiger charge is 2.10. The highest BCUT2D eigenvalue weighted by molar-refractivity contribution is 5.79. The van der Waals surface area contributed by atoms with Crippen LogP contribution < -0.4 is 15.4 Å². The number of nitrogens with zero attached hydrogens (tertiary/aromatic N) is 2. The van der Waals surface area contributed by atoms with Gasteiger partial charge in [-0.1, -0.05) is 42.8 Å². The third-order valence-corrected chi connectivity index (χ3v) is 5.68. The minimum absolute atomic E-state index is 0.658. The fraction of sp³-hybridized carbons (Fsp3) is 0.500. The van der Waals surface area contributed by atoms with Gasteiger partial charge in [-0.05, 0) is 54.8 Å². The van der Waals surface area contributed by atoms with Crippen molar-refractivity contribution in [2.24, 2.45) is 4.99 Å². The summed E-state index contributed by atoms with van der Waals surface area (Å²) < 4.78 is 10.8. The lowest BCUT2D eigenvalue weighted by Gasteiger charge is -2.26. The molecule has 0 saturated carbocycles. The molecule has 6 nitrogen and oxygen atoms in total. The number of aliphatic imine (C=N–C) groups is 1. The van der Waals surface area contributed by atoms with E-state index in [1.165, 1.54) is 43.5 Å². The van der Waals surface area contributed by atoms with Crippen molar-refractivity contribution in [3.8, 4) is 5.75 Å². The Balaban J connectivity index is 1.41. The van der Waals surface area contributed by atoms with Crippen molar-refractivity contribution in [1.29, 1.82) is 0 Å². The van der Waals surface area contributed by atoms with Gasteiger partial charge in [-0.2, -0.15) is 0 Å². The number of likely N-dealkylation sites (tertiary alicyclic amines) is 1. The van der Waals surface area contributed by atoms with Crippen LogP contribution >= 0.6 is 0 Å². The second-order valence-corrected chi connectivity index (χ2v) is 8.27. The number of hydrogen-bond acceptors (Lipinski definition) is 4. The van der Waals surface area contributed by atoms with Gasteiger partial charge in [0.15, 0.2) is 5.96 Å². The lowest BCUT2D eigenvalue weighted by molar-refractivity contribution is 0.172. The Morgan fingerprint density at radius 1 is 0.906 bits per heavy atom. The van der Waals surface area contributed by atoms with Crippen LogP contribution in [-0.2, 0) is 24.4 Å². The predicted octanol–water partition coefficient (Wildman–Crippen LogP) is 3.95. The smallest absolute Gasteiger partial charge is 0.191 e. The molecule has 0 aliphatic carbocycles. The van der Waals surface area contributed by atoms with Crippen molar-refractivity contribution in [3.63, 3.8) is 0 Å². The molecule has 32 heavy (non-hydrogen) atoms. The van der Waals surface area contributed by atoms with Crippen LogP contribution in [0.15, 0.2) is 53.5 Å². The van der Waals surface area contributed by atoms with Crippen LogP contribution in [0, 0.1) is 0 Å². The molecule has 0 atom stereocenters. The molecule has 2 aromatic rings. The second-order valence-electron chi connectivity index (χ2n) is 8.27. The van der Waals surface area contributed by atoms with Gasteiger partial charge in [0.1, 0.15) is 5.75 Å². The van der Waals surface area contributed by atoms with E-state index in [9.17, 15) is 0 Å². The number of hydrogen-bond donors (Lipinski definition) is 2. The summed E-state index contributed by atoms with van der Waals surface area (Å²) in [6, 6.07) is 17.1. The summed E-state index contributed by atoms with van der Waals surface area (Å²) in [6.45, 7) is 6.32. The number of rotatable bonds is 11. The maximum Gasteiger partial charge on any atom is 0.191 e. The average Bonchev–Trinajstić information content (AvgIpc) is 2.84. The topological polar surface area (TPSA) is 58.1 Å². The van der Waals surface area contributed by atoms with Gasteiger partial charge >= 0.3 is 0 Å². The van der Waals surface area contributed by atoms with E-state index in [1.54, 1.807) is 14.2 Å². The lowest BCUT2D eigenvalue weighted by atomic mass is 10.1. The van der Waals surface area contributed by atoms with E-state index in [2.05, 4.69) is 56.9 Å². The predicted molar refractivity (Wildman–Crippen MR) is 131 cm³/mol. The molecule has 0 spiro atoms. The van der Waals surface area contributed by atoms with Crippen LogP contribution in [0.4, 0.5) is 0 Å². The molecule has 0 bridgehead atoms. The van der Waals surface area contributed by atoms with Gasteiger partial charge in [0.25, 0.3) is 0 Å². The Labute approximate surface area is 193 Å². The minimum atomic E-state index is 0.658. The fourth-order valence-electron chi connectivity index (χ4n) is 3.87. The summed E-state index contributed by atoms with van der Waals surface area (Å²) in [5.41, 5.74) is 3.79. The van der Waals surface area contributed by atoms with E-state index in [-0.39, 0.29) is 0 Å². The molecule has 2 aromatic carbocycles. The third kappa shape index (κ3) is 8.52. The molecule has 1 heterocycles. The maximum atomic E-state index is 5.79. The first-order chi connectivity index (χ1) is 15.8. The van der Waals surface area contributed by atoms with E-state index in [0.717, 1.165) is 36.8 Å². The van der Waals surface area contributed by atoms with Crippen molar-refractivity contribution in [1.82, 2.24) is 15.5 Å². The zero-order valence-corrected chi connectivity index (χ0v) is 19.6. The second kappa shape index (κ2) is 13.8. The molecule has 6 heteroatoms. The maximum absolute atomic E-state index is 5.79. The standard InChI is InChI=1S/C26H38N4O2/c1-27-26(29-20-24-8-6-9-25(18-24)32-17-7-16-31-2)28-19-22-10-12-23(13-11-22)21-30-14-4-3-5-15-30/h6,8-13,18H,3-5,7,14-17,19-21H2,1-2H3,(H2,27,28,29). The summed E-state index contributed by atoms with van der Waals surface area (Å²) >= 11 is 0. The molecule has 1 aliphatic heterocycles. The highest BCUT2D eigenvalue weighted by atomic mass is 16.5. The molecule has 0 aromatic heterocycles. The van der Waals surface area contributed by atoms with Crippen LogP contribution in [0.5, 0.6) is 5.75 Å². The van der Waals surface area contributed by atoms with Gasteiger partial charge in [0.2, 0.25) is 0 Å². The SMILES string of the molecule is CN=C(NCc1ccc(CN2CCCCC2)cc1)NCc1cccc(OCCCOC)c1. The summed E-state index contributed by atoms with van der Waals surface area (Å²) in [4.78, 5) is 6.91. The summed E-state index contributed by atoms with van der Waals surface area (Å²) in [5.74, 6) is 1.67. The van der Waals surface area contributed by atoms with Gasteiger partial charge in [0.05, 0.1) is 6.61 Å². The lowest BCUT2D eigenvalue weighted by Crippen LogP contribution is -2.36. The normalized spacial score (nSPS) is 14.9. The van der Waals surface area contributed by atoms with Gasteiger partial charge in [0, 0.05) is 46.8 Å². The Kier molecular flexibility index (Phi) is 10.4. The van der Waals surface area contributed by atoms with Crippen molar-refractivity contribution >= 4 is 5.96 Å². The zero-order chi connectivity index (χ0) is 22.4. The molecule has 2 N–H and O–H groups in total. The van der Waals surface area contributed by atoms with E-state index in [0.29, 0.717) is 19.8 Å². The van der Waals surface area contributed by atoms with Crippen LogP contribution in [0.2, 0.25) is 0 Å². The molecule has 1 saturated heterocycles. The number of guanidine groups is 1. The molecule has 3 rings (SSSR count). The number of methoxy groups -OCH3 is 1. The molecule has 174 valence electrons. The molecule has 0 amide bonds. The summed E-state index contributed by atoms with van der Waals surface area (Å²) in [6.07, 6.45) is 4.93. The number of nitrogens with one attached hydrogen (secondary N) is 2. The quantitative estimate of drug-likeness (QED) is 0.316.